The molecule has 1 N–H and O–H groups in total. The summed E-state index contributed by atoms with van der Waals surface area (Å²) in [5, 5.41) is 18.7. The van der Waals surface area contributed by atoms with Crippen LogP contribution in [0.2, 0.25) is 0 Å². The highest BCUT2D eigenvalue weighted by Crippen LogP contribution is 2.36. The van der Waals surface area contributed by atoms with E-state index in [0.717, 1.165) is 21.5 Å². The predicted octanol–water partition coefficient (Wildman–Crippen LogP) is 4.01. The SMILES string of the molecule is Cn1cc(C(O)c2cccc3ccsc23)c(C(C)(C)C)n1. The second-order valence-electron chi connectivity index (χ2n) is 6.45. The Kier molecular flexibility index (Phi) is 3.38. The molecule has 0 bridgehead atoms. The Labute approximate surface area is 128 Å². The van der Waals surface area contributed by atoms with E-state index in [2.05, 4.69) is 43.4 Å². The van der Waals surface area contributed by atoms with Gasteiger partial charge in [0.1, 0.15) is 6.10 Å². The number of fused-ring (bicyclic) bond motifs is 1. The first-order valence-corrected chi connectivity index (χ1v) is 7.94. The average molecular weight is 300 g/mol. The Morgan fingerprint density at radius 2 is 1.95 bits per heavy atom. The fraction of sp³-hybridized carbons (Fsp3) is 0.353. The maximum Gasteiger partial charge on any atom is 0.109 e. The molecule has 1 unspecified atom stereocenters. The lowest BCUT2D eigenvalue weighted by Gasteiger charge is -2.20. The summed E-state index contributed by atoms with van der Waals surface area (Å²) < 4.78 is 2.93. The van der Waals surface area contributed by atoms with Crippen molar-refractivity contribution in [1.82, 2.24) is 9.78 Å². The number of benzene rings is 1. The van der Waals surface area contributed by atoms with Gasteiger partial charge in [0.05, 0.1) is 5.69 Å². The van der Waals surface area contributed by atoms with Crippen molar-refractivity contribution in [2.24, 2.45) is 7.05 Å². The van der Waals surface area contributed by atoms with E-state index in [1.54, 1.807) is 16.0 Å². The third-order valence-corrected chi connectivity index (χ3v) is 4.65. The van der Waals surface area contributed by atoms with Gasteiger partial charge in [0.15, 0.2) is 0 Å². The van der Waals surface area contributed by atoms with E-state index in [1.165, 1.54) is 5.39 Å². The van der Waals surface area contributed by atoms with Gasteiger partial charge in [0.2, 0.25) is 0 Å². The van der Waals surface area contributed by atoms with E-state index in [-0.39, 0.29) is 5.41 Å². The first-order valence-electron chi connectivity index (χ1n) is 7.06. The highest BCUT2D eigenvalue weighted by Gasteiger charge is 2.27. The molecule has 21 heavy (non-hydrogen) atoms. The Morgan fingerprint density at radius 3 is 2.67 bits per heavy atom. The number of aromatic nitrogens is 2. The van der Waals surface area contributed by atoms with Gasteiger partial charge in [-0.25, -0.2) is 0 Å². The summed E-state index contributed by atoms with van der Waals surface area (Å²) in [6.07, 6.45) is 1.28. The molecule has 3 aromatic rings. The van der Waals surface area contributed by atoms with Crippen molar-refractivity contribution in [2.45, 2.75) is 32.3 Å². The van der Waals surface area contributed by atoms with E-state index < -0.39 is 6.10 Å². The van der Waals surface area contributed by atoms with Gasteiger partial charge < -0.3 is 5.11 Å². The fourth-order valence-electron chi connectivity index (χ4n) is 2.69. The first kappa shape index (κ1) is 14.3. The molecule has 2 aromatic heterocycles. The molecular weight excluding hydrogens is 280 g/mol. The summed E-state index contributed by atoms with van der Waals surface area (Å²) in [5.74, 6) is 0. The van der Waals surface area contributed by atoms with Crippen LogP contribution < -0.4 is 0 Å². The molecule has 0 saturated carbocycles. The third-order valence-electron chi connectivity index (χ3n) is 3.67. The maximum atomic E-state index is 10.9. The van der Waals surface area contributed by atoms with Crippen molar-refractivity contribution in [3.63, 3.8) is 0 Å². The van der Waals surface area contributed by atoms with E-state index in [4.69, 9.17) is 0 Å². The number of rotatable bonds is 2. The molecule has 0 aliphatic rings. The molecule has 1 aromatic carbocycles. The van der Waals surface area contributed by atoms with Gasteiger partial charge in [-0.3, -0.25) is 4.68 Å². The van der Waals surface area contributed by atoms with Crippen LogP contribution in [0.4, 0.5) is 0 Å². The molecule has 1 atom stereocenters. The lowest BCUT2D eigenvalue weighted by atomic mass is 9.87. The fourth-order valence-corrected chi connectivity index (χ4v) is 3.63. The molecular formula is C17H20N2OS. The van der Waals surface area contributed by atoms with Gasteiger partial charge in [0, 0.05) is 34.5 Å². The number of hydrogen-bond donors (Lipinski definition) is 1. The molecule has 0 radical (unpaired) electrons. The number of aliphatic hydroxyl groups is 1. The summed E-state index contributed by atoms with van der Waals surface area (Å²) in [4.78, 5) is 0. The minimum atomic E-state index is -0.643. The highest BCUT2D eigenvalue weighted by molar-refractivity contribution is 7.17. The molecule has 0 aliphatic heterocycles. The van der Waals surface area contributed by atoms with Crippen molar-refractivity contribution < 1.29 is 5.11 Å². The van der Waals surface area contributed by atoms with Gasteiger partial charge in [-0.1, -0.05) is 39.0 Å². The molecule has 2 heterocycles. The van der Waals surface area contributed by atoms with E-state index in [9.17, 15) is 5.11 Å². The second-order valence-corrected chi connectivity index (χ2v) is 7.36. The molecule has 110 valence electrons. The zero-order chi connectivity index (χ0) is 15.2. The van der Waals surface area contributed by atoms with Gasteiger partial charge >= 0.3 is 0 Å². The Bertz CT molecular complexity index is 780. The van der Waals surface area contributed by atoms with Crippen molar-refractivity contribution >= 4 is 21.4 Å². The Balaban J connectivity index is 2.15. The monoisotopic (exact) mass is 300 g/mol. The molecule has 3 nitrogen and oxygen atoms in total. The van der Waals surface area contributed by atoms with E-state index in [0.29, 0.717) is 0 Å². The third kappa shape index (κ3) is 2.49. The average Bonchev–Trinajstić information content (AvgIpc) is 3.02. The van der Waals surface area contributed by atoms with Gasteiger partial charge in [-0.05, 0) is 16.8 Å². The Hall–Kier alpha value is -1.65. The largest absolute Gasteiger partial charge is 0.383 e. The van der Waals surface area contributed by atoms with Crippen molar-refractivity contribution in [2.75, 3.05) is 0 Å². The van der Waals surface area contributed by atoms with E-state index in [1.807, 2.05) is 25.4 Å². The Morgan fingerprint density at radius 1 is 1.19 bits per heavy atom. The predicted molar refractivity (Wildman–Crippen MR) is 87.8 cm³/mol. The molecule has 3 rings (SSSR count). The van der Waals surface area contributed by atoms with Crippen LogP contribution in [0.5, 0.6) is 0 Å². The van der Waals surface area contributed by atoms with Crippen LogP contribution in [0.15, 0.2) is 35.8 Å². The summed E-state index contributed by atoms with van der Waals surface area (Å²) >= 11 is 1.67. The normalized spacial score (nSPS) is 13.8. The van der Waals surface area contributed by atoms with Crippen LogP contribution >= 0.6 is 11.3 Å². The lowest BCUT2D eigenvalue weighted by molar-refractivity contribution is 0.219. The van der Waals surface area contributed by atoms with Crippen molar-refractivity contribution in [1.29, 1.82) is 0 Å². The topological polar surface area (TPSA) is 38.0 Å². The molecule has 4 heteroatoms. The summed E-state index contributed by atoms with van der Waals surface area (Å²) in [6.45, 7) is 6.37. The summed E-state index contributed by atoms with van der Waals surface area (Å²) in [6, 6.07) is 8.17. The van der Waals surface area contributed by atoms with Crippen LogP contribution in [0.3, 0.4) is 0 Å². The van der Waals surface area contributed by atoms with Crippen molar-refractivity contribution in [3.05, 3.63) is 52.7 Å². The minimum Gasteiger partial charge on any atom is -0.383 e. The first-order chi connectivity index (χ1) is 9.88. The van der Waals surface area contributed by atoms with Crippen LogP contribution in [0.25, 0.3) is 10.1 Å². The van der Waals surface area contributed by atoms with Crippen LogP contribution in [-0.4, -0.2) is 14.9 Å². The van der Waals surface area contributed by atoms with Crippen LogP contribution in [0.1, 0.15) is 43.7 Å². The maximum absolute atomic E-state index is 10.9. The molecule has 0 amide bonds. The zero-order valence-corrected chi connectivity index (χ0v) is 13.6. The van der Waals surface area contributed by atoms with Gasteiger partial charge in [-0.15, -0.1) is 11.3 Å². The molecule has 0 aliphatic carbocycles. The number of hydrogen-bond acceptors (Lipinski definition) is 3. The van der Waals surface area contributed by atoms with Gasteiger partial charge in [-0.2, -0.15) is 5.10 Å². The second kappa shape index (κ2) is 4.97. The minimum absolute atomic E-state index is 0.0963. The van der Waals surface area contributed by atoms with Crippen LogP contribution in [0, 0.1) is 0 Å². The van der Waals surface area contributed by atoms with E-state index >= 15 is 0 Å². The van der Waals surface area contributed by atoms with Crippen LogP contribution in [-0.2, 0) is 12.5 Å². The summed E-state index contributed by atoms with van der Waals surface area (Å²) in [7, 11) is 1.90. The quantitative estimate of drug-likeness (QED) is 0.776. The number of thiophene rings is 1. The standard InChI is InChI=1S/C17H20N2OS/c1-17(2,3)16-13(10-19(4)18-16)14(20)12-7-5-6-11-8-9-21-15(11)12/h5-10,14,20H,1-4H3. The number of aryl methyl sites for hydroxylation is 1. The van der Waals surface area contributed by atoms with Crippen molar-refractivity contribution in [3.8, 4) is 0 Å². The smallest absolute Gasteiger partial charge is 0.109 e. The molecule has 0 saturated heterocycles. The molecule has 0 fully saturated rings. The number of nitrogens with zero attached hydrogens (tertiary/aromatic N) is 2. The highest BCUT2D eigenvalue weighted by atomic mass is 32.1. The molecule has 0 spiro atoms. The zero-order valence-electron chi connectivity index (χ0n) is 12.8. The van der Waals surface area contributed by atoms with Gasteiger partial charge in [0.25, 0.3) is 0 Å². The summed E-state index contributed by atoms with van der Waals surface area (Å²) in [5.41, 5.74) is 2.71. The lowest BCUT2D eigenvalue weighted by Crippen LogP contribution is -2.16. The number of aliphatic hydroxyl groups excluding tert-OH is 1.